The molecule has 0 aliphatic heterocycles. The van der Waals surface area contributed by atoms with Crippen LogP contribution in [0.3, 0.4) is 0 Å². The van der Waals surface area contributed by atoms with E-state index in [4.69, 9.17) is 9.47 Å². The van der Waals surface area contributed by atoms with Crippen molar-refractivity contribution in [3.8, 4) is 0 Å². The van der Waals surface area contributed by atoms with Crippen LogP contribution in [-0.4, -0.2) is 31.0 Å². The van der Waals surface area contributed by atoms with E-state index in [0.717, 1.165) is 13.0 Å². The molecule has 1 atom stereocenters. The van der Waals surface area contributed by atoms with Crippen LogP contribution in [0.5, 0.6) is 0 Å². The zero-order valence-corrected chi connectivity index (χ0v) is 11.6. The minimum atomic E-state index is -0.0999. The van der Waals surface area contributed by atoms with Crippen molar-refractivity contribution in [2.75, 3.05) is 19.8 Å². The molecule has 1 unspecified atom stereocenters. The van der Waals surface area contributed by atoms with Crippen molar-refractivity contribution in [1.82, 2.24) is 10.3 Å². The Bertz CT molecular complexity index is 300. The van der Waals surface area contributed by atoms with Gasteiger partial charge in [0.25, 0.3) is 0 Å². The molecule has 4 heteroatoms. The summed E-state index contributed by atoms with van der Waals surface area (Å²) >= 11 is 0. The molecule has 1 N–H and O–H groups in total. The van der Waals surface area contributed by atoms with E-state index in [1.165, 1.54) is 5.56 Å². The molecule has 0 amide bonds. The molecule has 1 rings (SSSR count). The van der Waals surface area contributed by atoms with Crippen LogP contribution in [-0.2, 0) is 9.47 Å². The van der Waals surface area contributed by atoms with Crippen LogP contribution in [0.15, 0.2) is 24.5 Å². The summed E-state index contributed by atoms with van der Waals surface area (Å²) in [6, 6.07) is 4.37. The molecule has 1 heterocycles. The fraction of sp³-hybridized carbons (Fsp3) is 0.643. The topological polar surface area (TPSA) is 43.4 Å². The summed E-state index contributed by atoms with van der Waals surface area (Å²) in [7, 11) is 0. The first-order valence-corrected chi connectivity index (χ1v) is 6.64. The van der Waals surface area contributed by atoms with E-state index in [1.54, 1.807) is 0 Å². The molecule has 0 saturated carbocycles. The van der Waals surface area contributed by atoms with Crippen molar-refractivity contribution in [2.24, 2.45) is 0 Å². The number of nitrogens with one attached hydrogen (secondary N) is 1. The SMILES string of the molecule is CCOC(CCNC(C)c1ccncc1)OCC. The van der Waals surface area contributed by atoms with Gasteiger partial charge in [0.2, 0.25) is 0 Å². The Hall–Kier alpha value is -0.970. The summed E-state index contributed by atoms with van der Waals surface area (Å²) in [5.41, 5.74) is 1.24. The highest BCUT2D eigenvalue weighted by molar-refractivity contribution is 5.13. The van der Waals surface area contributed by atoms with Crippen LogP contribution in [0, 0.1) is 0 Å². The lowest BCUT2D eigenvalue weighted by atomic mass is 10.1. The highest BCUT2D eigenvalue weighted by atomic mass is 16.7. The highest BCUT2D eigenvalue weighted by Gasteiger charge is 2.09. The summed E-state index contributed by atoms with van der Waals surface area (Å²) in [4.78, 5) is 4.02. The summed E-state index contributed by atoms with van der Waals surface area (Å²) < 4.78 is 11.0. The predicted molar refractivity (Wildman–Crippen MR) is 72.3 cm³/mol. The standard InChI is InChI=1S/C14H24N2O2/c1-4-17-14(18-5-2)8-11-16-12(3)13-6-9-15-10-7-13/h6-7,9-10,12,14,16H,4-5,8,11H2,1-3H3. The van der Waals surface area contributed by atoms with Crippen molar-refractivity contribution in [3.05, 3.63) is 30.1 Å². The zero-order chi connectivity index (χ0) is 13.2. The molecule has 102 valence electrons. The van der Waals surface area contributed by atoms with Gasteiger partial charge in [0.15, 0.2) is 6.29 Å². The second-order valence-corrected chi connectivity index (χ2v) is 4.09. The number of nitrogens with zero attached hydrogens (tertiary/aromatic N) is 1. The van der Waals surface area contributed by atoms with Crippen LogP contribution in [0.25, 0.3) is 0 Å². The molecule has 0 spiro atoms. The summed E-state index contributed by atoms with van der Waals surface area (Å²) in [5, 5.41) is 3.46. The number of aromatic nitrogens is 1. The molecular formula is C14H24N2O2. The van der Waals surface area contributed by atoms with Crippen molar-refractivity contribution >= 4 is 0 Å². The molecule has 1 aromatic heterocycles. The van der Waals surface area contributed by atoms with E-state index in [0.29, 0.717) is 19.3 Å². The number of hydrogen-bond donors (Lipinski definition) is 1. The molecule has 0 bridgehead atoms. The van der Waals surface area contributed by atoms with Gasteiger partial charge in [-0.3, -0.25) is 4.98 Å². The van der Waals surface area contributed by atoms with E-state index in [-0.39, 0.29) is 6.29 Å². The average Bonchev–Trinajstić information content (AvgIpc) is 2.40. The average molecular weight is 252 g/mol. The van der Waals surface area contributed by atoms with Crippen LogP contribution >= 0.6 is 0 Å². The first-order valence-electron chi connectivity index (χ1n) is 6.64. The molecule has 0 aromatic carbocycles. The molecule has 0 aliphatic rings. The predicted octanol–water partition coefficient (Wildman–Crippen LogP) is 2.52. The maximum absolute atomic E-state index is 5.50. The normalized spacial score (nSPS) is 12.9. The monoisotopic (exact) mass is 252 g/mol. The maximum Gasteiger partial charge on any atom is 0.158 e. The summed E-state index contributed by atoms with van der Waals surface area (Å²) in [5.74, 6) is 0. The van der Waals surface area contributed by atoms with Gasteiger partial charge in [-0.1, -0.05) is 0 Å². The van der Waals surface area contributed by atoms with Crippen LogP contribution in [0.4, 0.5) is 0 Å². The molecule has 0 aliphatic carbocycles. The Morgan fingerprint density at radius 1 is 1.17 bits per heavy atom. The maximum atomic E-state index is 5.50. The van der Waals surface area contributed by atoms with Crippen LogP contribution in [0.1, 0.15) is 38.8 Å². The molecule has 1 aromatic rings. The van der Waals surface area contributed by atoms with E-state index in [1.807, 2.05) is 38.4 Å². The van der Waals surface area contributed by atoms with Crippen molar-refractivity contribution < 1.29 is 9.47 Å². The van der Waals surface area contributed by atoms with E-state index >= 15 is 0 Å². The van der Waals surface area contributed by atoms with E-state index in [9.17, 15) is 0 Å². The Labute approximate surface area is 110 Å². The van der Waals surface area contributed by atoms with Gasteiger partial charge >= 0.3 is 0 Å². The van der Waals surface area contributed by atoms with Gasteiger partial charge < -0.3 is 14.8 Å². The molecular weight excluding hydrogens is 228 g/mol. The second-order valence-electron chi connectivity index (χ2n) is 4.09. The fourth-order valence-corrected chi connectivity index (χ4v) is 1.77. The lowest BCUT2D eigenvalue weighted by Crippen LogP contribution is -2.26. The van der Waals surface area contributed by atoms with E-state index in [2.05, 4.69) is 17.2 Å². The van der Waals surface area contributed by atoms with Gasteiger partial charge in [0, 0.05) is 44.6 Å². The minimum absolute atomic E-state index is 0.0999. The van der Waals surface area contributed by atoms with Crippen LogP contribution < -0.4 is 5.32 Å². The third-order valence-electron chi connectivity index (χ3n) is 2.74. The first kappa shape index (κ1) is 15.1. The van der Waals surface area contributed by atoms with Gasteiger partial charge in [-0.2, -0.15) is 0 Å². The number of rotatable bonds is 9. The summed E-state index contributed by atoms with van der Waals surface area (Å²) in [6.07, 6.45) is 4.39. The van der Waals surface area contributed by atoms with Crippen molar-refractivity contribution in [3.63, 3.8) is 0 Å². The third-order valence-corrected chi connectivity index (χ3v) is 2.74. The fourth-order valence-electron chi connectivity index (χ4n) is 1.77. The van der Waals surface area contributed by atoms with Gasteiger partial charge in [-0.05, 0) is 38.5 Å². The first-order chi connectivity index (χ1) is 8.77. The number of pyridine rings is 1. The second kappa shape index (κ2) is 9.03. The molecule has 4 nitrogen and oxygen atoms in total. The number of hydrogen-bond acceptors (Lipinski definition) is 4. The van der Waals surface area contributed by atoms with Gasteiger partial charge in [0.05, 0.1) is 0 Å². The molecule has 0 fully saturated rings. The lowest BCUT2D eigenvalue weighted by molar-refractivity contribution is -0.138. The van der Waals surface area contributed by atoms with Crippen molar-refractivity contribution in [1.29, 1.82) is 0 Å². The Balaban J connectivity index is 2.27. The van der Waals surface area contributed by atoms with Crippen LogP contribution in [0.2, 0.25) is 0 Å². The van der Waals surface area contributed by atoms with Gasteiger partial charge in [0.1, 0.15) is 0 Å². The Morgan fingerprint density at radius 2 is 1.78 bits per heavy atom. The molecule has 0 saturated heterocycles. The Kier molecular flexibility index (Phi) is 7.57. The highest BCUT2D eigenvalue weighted by Crippen LogP contribution is 2.10. The quantitative estimate of drug-likeness (QED) is 0.686. The minimum Gasteiger partial charge on any atom is -0.353 e. The van der Waals surface area contributed by atoms with E-state index < -0.39 is 0 Å². The molecule has 18 heavy (non-hydrogen) atoms. The smallest absolute Gasteiger partial charge is 0.158 e. The van der Waals surface area contributed by atoms with Crippen molar-refractivity contribution in [2.45, 2.75) is 39.5 Å². The number of ether oxygens (including phenoxy) is 2. The third kappa shape index (κ3) is 5.58. The largest absolute Gasteiger partial charge is 0.353 e. The summed E-state index contributed by atoms with van der Waals surface area (Å²) in [6.45, 7) is 8.35. The van der Waals surface area contributed by atoms with Gasteiger partial charge in [-0.25, -0.2) is 0 Å². The zero-order valence-electron chi connectivity index (χ0n) is 11.6. The Morgan fingerprint density at radius 3 is 2.33 bits per heavy atom. The van der Waals surface area contributed by atoms with Gasteiger partial charge in [-0.15, -0.1) is 0 Å². The lowest BCUT2D eigenvalue weighted by Gasteiger charge is -2.19. The molecule has 0 radical (unpaired) electrons.